The quantitative estimate of drug-likeness (QED) is 0.0994. The smallest absolute Gasteiger partial charge is 0.250 e. The van der Waals surface area contributed by atoms with Crippen molar-refractivity contribution in [2.45, 2.75) is 39.2 Å². The Bertz CT molecular complexity index is 1640. The summed E-state index contributed by atoms with van der Waals surface area (Å²) in [6, 6.07) is 16.5. The maximum absolute atomic E-state index is 11.6. The SMILES string of the molecule is Cc1c(COc2cc(OCc3cncc(C(N)=O)c3)c(CNC[C@@H](O)CO)cc2Cl)cccc1-c1cccc(OCCCO)c1Cl. The molecule has 4 aromatic rings. The molecule has 1 aromatic heterocycles. The molecule has 46 heavy (non-hydrogen) atoms. The van der Waals surface area contributed by atoms with E-state index in [0.29, 0.717) is 51.4 Å². The van der Waals surface area contributed by atoms with Gasteiger partial charge in [-0.25, -0.2) is 0 Å². The third kappa shape index (κ3) is 9.32. The first kappa shape index (κ1) is 35.0. The molecule has 0 bridgehead atoms. The fourth-order valence-corrected chi connectivity index (χ4v) is 5.15. The van der Waals surface area contributed by atoms with Crippen molar-refractivity contribution in [3.8, 4) is 28.4 Å². The average molecular weight is 671 g/mol. The Hall–Kier alpha value is -3.90. The van der Waals surface area contributed by atoms with Gasteiger partial charge in [0, 0.05) is 61.3 Å². The Morgan fingerprint density at radius 3 is 2.46 bits per heavy atom. The summed E-state index contributed by atoms with van der Waals surface area (Å²) in [7, 11) is 0. The first-order valence-electron chi connectivity index (χ1n) is 14.6. The minimum absolute atomic E-state index is 0.0345. The molecule has 1 atom stereocenters. The number of primary amides is 1. The second kappa shape index (κ2) is 17.1. The Kier molecular flexibility index (Phi) is 13.0. The molecule has 10 nitrogen and oxygen atoms in total. The molecule has 1 amide bonds. The molecular weight excluding hydrogens is 633 g/mol. The predicted octanol–water partition coefficient (Wildman–Crippen LogP) is 4.82. The summed E-state index contributed by atoms with van der Waals surface area (Å²) in [6.07, 6.45) is 2.55. The summed E-state index contributed by atoms with van der Waals surface area (Å²) < 4.78 is 18.1. The number of hydrogen-bond acceptors (Lipinski definition) is 9. The van der Waals surface area contributed by atoms with Gasteiger partial charge >= 0.3 is 0 Å². The van der Waals surface area contributed by atoms with Crippen LogP contribution in [0.15, 0.2) is 67.0 Å². The zero-order valence-electron chi connectivity index (χ0n) is 25.3. The van der Waals surface area contributed by atoms with Crippen LogP contribution in [0.2, 0.25) is 10.0 Å². The summed E-state index contributed by atoms with van der Waals surface area (Å²) in [5, 5.41) is 31.9. The van der Waals surface area contributed by atoms with Crippen molar-refractivity contribution in [3.63, 3.8) is 0 Å². The third-order valence-corrected chi connectivity index (χ3v) is 7.82. The van der Waals surface area contributed by atoms with Gasteiger partial charge in [-0.15, -0.1) is 0 Å². The van der Waals surface area contributed by atoms with Gasteiger partial charge in [0.2, 0.25) is 5.91 Å². The molecule has 0 saturated heterocycles. The van der Waals surface area contributed by atoms with Crippen molar-refractivity contribution in [2.75, 3.05) is 26.4 Å². The largest absolute Gasteiger partial charge is 0.492 e. The van der Waals surface area contributed by atoms with E-state index in [-0.39, 0.29) is 45.1 Å². The van der Waals surface area contributed by atoms with Crippen molar-refractivity contribution in [1.29, 1.82) is 0 Å². The lowest BCUT2D eigenvalue weighted by Crippen LogP contribution is -2.29. The maximum atomic E-state index is 11.6. The zero-order valence-corrected chi connectivity index (χ0v) is 26.9. The molecule has 6 N–H and O–H groups in total. The molecule has 0 spiro atoms. The van der Waals surface area contributed by atoms with E-state index in [1.807, 2.05) is 37.3 Å². The number of nitrogens with two attached hydrogens (primary N) is 1. The summed E-state index contributed by atoms with van der Waals surface area (Å²) in [5.41, 5.74) is 10.6. The molecule has 0 aliphatic carbocycles. The van der Waals surface area contributed by atoms with Crippen LogP contribution < -0.4 is 25.3 Å². The van der Waals surface area contributed by atoms with Crippen LogP contribution in [-0.4, -0.2) is 58.7 Å². The molecule has 244 valence electrons. The summed E-state index contributed by atoms with van der Waals surface area (Å²) in [5.74, 6) is 0.808. The molecule has 1 heterocycles. The normalized spacial score (nSPS) is 11.7. The van der Waals surface area contributed by atoms with Gasteiger partial charge in [-0.3, -0.25) is 9.78 Å². The Morgan fingerprint density at radius 2 is 1.70 bits per heavy atom. The lowest BCUT2D eigenvalue weighted by Gasteiger charge is -2.18. The summed E-state index contributed by atoms with van der Waals surface area (Å²) in [6.45, 7) is 2.75. The van der Waals surface area contributed by atoms with Crippen LogP contribution in [0.3, 0.4) is 0 Å². The number of amides is 1. The van der Waals surface area contributed by atoms with E-state index in [4.69, 9.17) is 53.4 Å². The van der Waals surface area contributed by atoms with Crippen LogP contribution in [0.4, 0.5) is 0 Å². The maximum Gasteiger partial charge on any atom is 0.250 e. The van der Waals surface area contributed by atoms with Gasteiger partial charge in [0.1, 0.15) is 30.5 Å². The van der Waals surface area contributed by atoms with Gasteiger partial charge in [0.05, 0.1) is 34.9 Å². The number of pyridine rings is 1. The van der Waals surface area contributed by atoms with Gasteiger partial charge in [-0.2, -0.15) is 0 Å². The molecule has 0 aliphatic rings. The van der Waals surface area contributed by atoms with Crippen LogP contribution in [0.25, 0.3) is 11.1 Å². The Balaban J connectivity index is 1.56. The fraction of sp³-hybridized carbons (Fsp3) is 0.294. The van der Waals surface area contributed by atoms with Gasteiger partial charge in [0.25, 0.3) is 0 Å². The van der Waals surface area contributed by atoms with Crippen LogP contribution in [0.1, 0.15) is 39.0 Å². The van der Waals surface area contributed by atoms with Gasteiger partial charge in [-0.05, 0) is 41.8 Å². The van der Waals surface area contributed by atoms with E-state index < -0.39 is 12.0 Å². The highest BCUT2D eigenvalue weighted by Crippen LogP contribution is 2.38. The van der Waals surface area contributed by atoms with Crippen LogP contribution >= 0.6 is 23.2 Å². The molecule has 4 rings (SSSR count). The lowest BCUT2D eigenvalue weighted by molar-refractivity contribution is 0.0941. The number of ether oxygens (including phenoxy) is 3. The van der Waals surface area contributed by atoms with Gasteiger partial charge < -0.3 is 40.6 Å². The van der Waals surface area contributed by atoms with E-state index in [0.717, 1.165) is 22.3 Å². The highest BCUT2D eigenvalue weighted by atomic mass is 35.5. The molecule has 0 unspecified atom stereocenters. The number of aliphatic hydroxyl groups is 3. The summed E-state index contributed by atoms with van der Waals surface area (Å²) >= 11 is 13.4. The third-order valence-electron chi connectivity index (χ3n) is 7.14. The van der Waals surface area contributed by atoms with E-state index in [9.17, 15) is 9.90 Å². The molecule has 0 radical (unpaired) electrons. The first-order chi connectivity index (χ1) is 22.2. The van der Waals surface area contributed by atoms with E-state index in [1.54, 1.807) is 30.5 Å². The number of nitrogens with one attached hydrogen (secondary N) is 1. The number of hydrogen-bond donors (Lipinski definition) is 5. The Labute approximate surface area is 277 Å². The topological polar surface area (TPSA) is 156 Å². The second-order valence-electron chi connectivity index (χ2n) is 10.5. The van der Waals surface area contributed by atoms with Crippen molar-refractivity contribution in [1.82, 2.24) is 10.3 Å². The van der Waals surface area contributed by atoms with Gasteiger partial charge in [-0.1, -0.05) is 53.5 Å². The molecular formula is C34H37Cl2N3O7. The number of nitrogens with zero attached hydrogens (tertiary/aromatic N) is 1. The number of carbonyl (C=O) groups is 1. The van der Waals surface area contributed by atoms with Crippen molar-refractivity contribution >= 4 is 29.1 Å². The Morgan fingerprint density at radius 1 is 0.935 bits per heavy atom. The van der Waals surface area contributed by atoms with Crippen LogP contribution in [0.5, 0.6) is 17.2 Å². The zero-order chi connectivity index (χ0) is 33.1. The number of carbonyl (C=O) groups excluding carboxylic acids is 1. The van der Waals surface area contributed by atoms with E-state index >= 15 is 0 Å². The number of aliphatic hydroxyl groups excluding tert-OH is 3. The minimum Gasteiger partial charge on any atom is -0.492 e. The number of aromatic nitrogens is 1. The second-order valence-corrected chi connectivity index (χ2v) is 11.3. The fourth-order valence-electron chi connectivity index (χ4n) is 4.62. The van der Waals surface area contributed by atoms with Gasteiger partial charge in [0.15, 0.2) is 0 Å². The lowest BCUT2D eigenvalue weighted by atomic mass is 9.96. The highest BCUT2D eigenvalue weighted by molar-refractivity contribution is 6.35. The van der Waals surface area contributed by atoms with E-state index in [1.165, 1.54) is 6.20 Å². The van der Waals surface area contributed by atoms with Crippen molar-refractivity contribution < 1.29 is 34.3 Å². The van der Waals surface area contributed by atoms with Crippen LogP contribution in [0, 0.1) is 6.92 Å². The molecule has 0 saturated carbocycles. The monoisotopic (exact) mass is 669 g/mol. The number of benzene rings is 3. The van der Waals surface area contributed by atoms with E-state index in [2.05, 4.69) is 10.3 Å². The minimum atomic E-state index is -0.916. The highest BCUT2D eigenvalue weighted by Gasteiger charge is 2.16. The van der Waals surface area contributed by atoms with Crippen LogP contribution in [-0.2, 0) is 19.8 Å². The van der Waals surface area contributed by atoms with Crippen molar-refractivity contribution in [3.05, 3.63) is 105 Å². The molecule has 12 heteroatoms. The summed E-state index contributed by atoms with van der Waals surface area (Å²) in [4.78, 5) is 15.7. The first-order valence-corrected chi connectivity index (χ1v) is 15.4. The number of rotatable bonds is 17. The van der Waals surface area contributed by atoms with Crippen molar-refractivity contribution in [2.24, 2.45) is 5.73 Å². The molecule has 0 aliphatic heterocycles. The molecule has 3 aromatic carbocycles. The predicted molar refractivity (Wildman–Crippen MR) is 176 cm³/mol. The number of halogens is 2. The average Bonchev–Trinajstić information content (AvgIpc) is 3.05. The molecule has 0 fully saturated rings. The standard InChI is InChI=1S/C34H37Cl2N3O7/c1-21-23(5-2-6-27(21)28-7-3-8-30(33(28)36)44-10-4-9-40)20-46-32-13-31(24(12-29(32)35)15-39-17-26(42)18-41)45-19-22-11-25(34(37)43)16-38-14-22/h2-3,5-8,11-14,16,26,39-42H,4,9-10,15,17-20H2,1H3,(H2,37,43)/t26-/m1/s1.